The summed E-state index contributed by atoms with van der Waals surface area (Å²) in [5, 5.41) is 4.53. The first-order valence-corrected chi connectivity index (χ1v) is 7.09. The number of anilines is 1. The lowest BCUT2D eigenvalue weighted by atomic mass is 10.0. The second kappa shape index (κ2) is 6.09. The fraction of sp³-hybridized carbons (Fsp3) is 0.438. The molecule has 0 fully saturated rings. The van der Waals surface area contributed by atoms with E-state index in [-0.39, 0.29) is 6.04 Å². The Morgan fingerprint density at radius 3 is 2.65 bits per heavy atom. The number of nitrogens with two attached hydrogens (primary N) is 1. The van der Waals surface area contributed by atoms with Crippen molar-refractivity contribution < 1.29 is 0 Å². The molecule has 0 radical (unpaired) electrons. The molecule has 108 valence electrons. The molecule has 1 unspecified atom stereocenters. The van der Waals surface area contributed by atoms with Crippen LogP contribution in [0.2, 0.25) is 0 Å². The molecule has 1 aromatic heterocycles. The van der Waals surface area contributed by atoms with Gasteiger partial charge in [-0.3, -0.25) is 4.68 Å². The van der Waals surface area contributed by atoms with Crippen molar-refractivity contribution in [3.8, 4) is 0 Å². The summed E-state index contributed by atoms with van der Waals surface area (Å²) in [7, 11) is 4.07. The summed E-state index contributed by atoms with van der Waals surface area (Å²) in [5.41, 5.74) is 10.9. The molecule has 1 aromatic carbocycles. The van der Waals surface area contributed by atoms with Gasteiger partial charge in [-0.1, -0.05) is 25.1 Å². The van der Waals surface area contributed by atoms with Crippen molar-refractivity contribution in [2.24, 2.45) is 12.8 Å². The normalized spacial score (nSPS) is 12.4. The van der Waals surface area contributed by atoms with Gasteiger partial charge in [0, 0.05) is 38.1 Å². The lowest BCUT2D eigenvalue weighted by molar-refractivity contribution is 0.671. The van der Waals surface area contributed by atoms with E-state index in [2.05, 4.69) is 61.4 Å². The number of hydrogen-bond donors (Lipinski definition) is 1. The van der Waals surface area contributed by atoms with Gasteiger partial charge in [0.15, 0.2) is 0 Å². The molecule has 4 nitrogen and oxygen atoms in total. The maximum atomic E-state index is 6.05. The number of hydrogen-bond acceptors (Lipinski definition) is 3. The minimum absolute atomic E-state index is 0.153. The van der Waals surface area contributed by atoms with Crippen molar-refractivity contribution in [2.45, 2.75) is 26.3 Å². The Kier molecular flexibility index (Phi) is 4.45. The van der Waals surface area contributed by atoms with Crippen LogP contribution in [0.15, 0.2) is 30.5 Å². The fourth-order valence-corrected chi connectivity index (χ4v) is 2.73. The lowest BCUT2D eigenvalue weighted by Gasteiger charge is -2.30. The van der Waals surface area contributed by atoms with E-state index in [4.69, 9.17) is 5.73 Å². The molecule has 0 amide bonds. The average Bonchev–Trinajstić information content (AvgIpc) is 2.81. The van der Waals surface area contributed by atoms with Crippen LogP contribution >= 0.6 is 0 Å². The Morgan fingerprint density at radius 1 is 1.35 bits per heavy atom. The number of rotatable bonds is 5. The minimum Gasteiger partial charge on any atom is -0.366 e. The number of likely N-dealkylation sites (N-methyl/N-ethyl adjacent to an activating group) is 1. The molecule has 0 aliphatic carbocycles. The number of para-hydroxylation sites is 1. The topological polar surface area (TPSA) is 47.1 Å². The summed E-state index contributed by atoms with van der Waals surface area (Å²) in [4.78, 5) is 2.26. The first-order chi connectivity index (χ1) is 9.58. The fourth-order valence-electron chi connectivity index (χ4n) is 2.73. The predicted molar refractivity (Wildman–Crippen MR) is 84.0 cm³/mol. The van der Waals surface area contributed by atoms with E-state index in [0.29, 0.717) is 6.54 Å². The number of nitrogens with zero attached hydrogens (tertiary/aromatic N) is 3. The highest BCUT2D eigenvalue weighted by Crippen LogP contribution is 2.29. The van der Waals surface area contributed by atoms with Gasteiger partial charge in [0.05, 0.1) is 11.7 Å². The Balaban J connectivity index is 2.39. The van der Waals surface area contributed by atoms with Crippen LogP contribution in [0.1, 0.15) is 29.8 Å². The maximum absolute atomic E-state index is 6.05. The zero-order valence-electron chi connectivity index (χ0n) is 12.8. The monoisotopic (exact) mass is 272 g/mol. The van der Waals surface area contributed by atoms with E-state index in [1.165, 1.54) is 16.8 Å². The molecule has 1 heterocycles. The van der Waals surface area contributed by atoms with Gasteiger partial charge in [0.2, 0.25) is 0 Å². The molecule has 2 aromatic rings. The predicted octanol–water partition coefficient (Wildman–Crippen LogP) is 2.43. The van der Waals surface area contributed by atoms with Gasteiger partial charge in [0.25, 0.3) is 0 Å². The molecule has 2 rings (SSSR count). The molecular formula is C16H24N4. The first-order valence-electron chi connectivity index (χ1n) is 7.09. The molecule has 1 atom stereocenters. The summed E-state index contributed by atoms with van der Waals surface area (Å²) in [6.45, 7) is 4.83. The summed E-state index contributed by atoms with van der Waals surface area (Å²) in [6, 6.07) is 8.55. The molecule has 0 bridgehead atoms. The SMILES string of the molecule is CCc1nn(C)cc1C(CN)N(C)c1ccccc1C. The number of aryl methyl sites for hydroxylation is 3. The maximum Gasteiger partial charge on any atom is 0.0695 e. The van der Waals surface area contributed by atoms with Crippen LogP contribution in [0.3, 0.4) is 0 Å². The third-order valence-corrected chi connectivity index (χ3v) is 3.82. The van der Waals surface area contributed by atoms with Crippen molar-refractivity contribution >= 4 is 5.69 Å². The Hall–Kier alpha value is -1.81. The minimum atomic E-state index is 0.153. The standard InChI is InChI=1S/C16H24N4/c1-5-14-13(11-19(3)18-14)16(10-17)20(4)15-9-7-6-8-12(15)2/h6-9,11,16H,5,10,17H2,1-4H3. The van der Waals surface area contributed by atoms with Gasteiger partial charge in [-0.05, 0) is 25.0 Å². The molecule has 20 heavy (non-hydrogen) atoms. The van der Waals surface area contributed by atoms with Gasteiger partial charge in [-0.15, -0.1) is 0 Å². The highest BCUT2D eigenvalue weighted by molar-refractivity contribution is 5.54. The van der Waals surface area contributed by atoms with Crippen LogP contribution in [-0.2, 0) is 13.5 Å². The largest absolute Gasteiger partial charge is 0.366 e. The molecular weight excluding hydrogens is 248 g/mol. The van der Waals surface area contributed by atoms with Gasteiger partial charge < -0.3 is 10.6 Å². The summed E-state index contributed by atoms with van der Waals surface area (Å²) >= 11 is 0. The van der Waals surface area contributed by atoms with Gasteiger partial charge in [0.1, 0.15) is 0 Å². The third-order valence-electron chi connectivity index (χ3n) is 3.82. The van der Waals surface area contributed by atoms with E-state index in [9.17, 15) is 0 Å². The molecule has 0 aliphatic rings. The average molecular weight is 272 g/mol. The Morgan fingerprint density at radius 2 is 2.05 bits per heavy atom. The van der Waals surface area contributed by atoms with Crippen LogP contribution in [0.5, 0.6) is 0 Å². The number of benzene rings is 1. The van der Waals surface area contributed by atoms with Crippen LogP contribution < -0.4 is 10.6 Å². The van der Waals surface area contributed by atoms with Crippen molar-refractivity contribution in [1.82, 2.24) is 9.78 Å². The quantitative estimate of drug-likeness (QED) is 0.909. The van der Waals surface area contributed by atoms with Crippen LogP contribution in [-0.4, -0.2) is 23.4 Å². The number of aromatic nitrogens is 2. The zero-order valence-corrected chi connectivity index (χ0v) is 12.8. The van der Waals surface area contributed by atoms with Crippen LogP contribution in [0.25, 0.3) is 0 Å². The first kappa shape index (κ1) is 14.6. The van der Waals surface area contributed by atoms with Crippen molar-refractivity contribution in [3.63, 3.8) is 0 Å². The highest BCUT2D eigenvalue weighted by atomic mass is 15.3. The summed E-state index contributed by atoms with van der Waals surface area (Å²) in [6.07, 6.45) is 3.01. The molecule has 0 saturated heterocycles. The lowest BCUT2D eigenvalue weighted by Crippen LogP contribution is -2.31. The van der Waals surface area contributed by atoms with Gasteiger partial charge in [-0.2, -0.15) is 5.10 Å². The second-order valence-corrected chi connectivity index (χ2v) is 5.21. The van der Waals surface area contributed by atoms with Gasteiger partial charge in [-0.25, -0.2) is 0 Å². The Bertz CT molecular complexity index is 574. The van der Waals surface area contributed by atoms with E-state index >= 15 is 0 Å². The van der Waals surface area contributed by atoms with Crippen LogP contribution in [0, 0.1) is 6.92 Å². The molecule has 0 spiro atoms. The summed E-state index contributed by atoms with van der Waals surface area (Å²) in [5.74, 6) is 0. The molecule has 2 N–H and O–H groups in total. The smallest absolute Gasteiger partial charge is 0.0695 e. The van der Waals surface area contributed by atoms with Crippen molar-refractivity contribution in [3.05, 3.63) is 47.3 Å². The zero-order chi connectivity index (χ0) is 14.7. The highest BCUT2D eigenvalue weighted by Gasteiger charge is 2.21. The van der Waals surface area contributed by atoms with E-state index in [1.807, 2.05) is 11.7 Å². The Labute approximate surface area is 121 Å². The van der Waals surface area contributed by atoms with Crippen molar-refractivity contribution in [1.29, 1.82) is 0 Å². The molecule has 0 saturated carbocycles. The van der Waals surface area contributed by atoms with Gasteiger partial charge >= 0.3 is 0 Å². The van der Waals surface area contributed by atoms with E-state index in [1.54, 1.807) is 0 Å². The third kappa shape index (κ3) is 2.70. The molecule has 0 aliphatic heterocycles. The summed E-state index contributed by atoms with van der Waals surface area (Å²) < 4.78 is 1.88. The van der Waals surface area contributed by atoms with Crippen molar-refractivity contribution in [2.75, 3.05) is 18.5 Å². The second-order valence-electron chi connectivity index (χ2n) is 5.21. The van der Waals surface area contributed by atoms with E-state index < -0.39 is 0 Å². The van der Waals surface area contributed by atoms with Crippen LogP contribution in [0.4, 0.5) is 5.69 Å². The van der Waals surface area contributed by atoms with E-state index in [0.717, 1.165) is 12.1 Å². The molecule has 4 heteroatoms.